The molecule has 1 saturated heterocycles. The smallest absolute Gasteiger partial charge is 0.191 e. The molecule has 2 N–H and O–H groups in total. The van der Waals surface area contributed by atoms with Crippen molar-refractivity contribution in [3.8, 4) is 0 Å². The molecule has 0 aromatic heterocycles. The number of benzene rings is 1. The molecule has 0 aliphatic carbocycles. The third kappa shape index (κ3) is 6.12. The zero-order valence-corrected chi connectivity index (χ0v) is 16.1. The van der Waals surface area contributed by atoms with E-state index < -0.39 is 0 Å². The van der Waals surface area contributed by atoms with Gasteiger partial charge in [0.25, 0.3) is 0 Å². The van der Waals surface area contributed by atoms with E-state index in [1.54, 1.807) is 0 Å². The van der Waals surface area contributed by atoms with Gasteiger partial charge in [-0.3, -0.25) is 0 Å². The Hall–Kier alpha value is -0.820. The Labute approximate surface area is 151 Å². The highest BCUT2D eigenvalue weighted by molar-refractivity contribution is 14.0. The van der Waals surface area contributed by atoms with Gasteiger partial charge >= 0.3 is 0 Å². The summed E-state index contributed by atoms with van der Waals surface area (Å²) in [5.74, 6) is 0.857. The van der Waals surface area contributed by atoms with Crippen LogP contribution in [0.2, 0.25) is 0 Å². The molecule has 1 aromatic carbocycles. The number of hydrogen-bond donors (Lipinski definition) is 2. The van der Waals surface area contributed by atoms with Crippen molar-refractivity contribution in [1.29, 1.82) is 0 Å². The largest absolute Gasteiger partial charge is 0.373 e. The molecule has 22 heavy (non-hydrogen) atoms. The minimum absolute atomic E-state index is 0. The van der Waals surface area contributed by atoms with Gasteiger partial charge in [0.2, 0.25) is 0 Å². The number of ether oxygens (including phenoxy) is 1. The van der Waals surface area contributed by atoms with E-state index in [1.807, 2.05) is 0 Å². The Kier molecular flexibility index (Phi) is 8.17. The van der Waals surface area contributed by atoms with E-state index in [-0.39, 0.29) is 29.6 Å². The summed E-state index contributed by atoms with van der Waals surface area (Å²) >= 11 is 0. The molecular formula is C17H28IN3O. The zero-order chi connectivity index (χ0) is 15.1. The van der Waals surface area contributed by atoms with Gasteiger partial charge in [0.05, 0.1) is 12.1 Å². The summed E-state index contributed by atoms with van der Waals surface area (Å²) < 4.78 is 5.80. The van der Waals surface area contributed by atoms with Crippen LogP contribution in [0.25, 0.3) is 0 Å². The van der Waals surface area contributed by atoms with E-state index in [1.165, 1.54) is 11.1 Å². The average Bonchev–Trinajstić information content (AvgIpc) is 2.89. The van der Waals surface area contributed by atoms with Crippen LogP contribution >= 0.6 is 24.0 Å². The molecule has 1 fully saturated rings. The van der Waals surface area contributed by atoms with Gasteiger partial charge in [0, 0.05) is 19.7 Å². The van der Waals surface area contributed by atoms with Crippen molar-refractivity contribution in [1.82, 2.24) is 10.6 Å². The molecule has 1 heterocycles. The topological polar surface area (TPSA) is 45.7 Å². The molecule has 1 aliphatic heterocycles. The van der Waals surface area contributed by atoms with Crippen LogP contribution in [0.15, 0.2) is 29.3 Å². The highest BCUT2D eigenvalue weighted by Gasteiger charge is 2.29. The van der Waals surface area contributed by atoms with E-state index in [2.05, 4.69) is 60.7 Å². The molecule has 0 radical (unpaired) electrons. The lowest BCUT2D eigenvalue weighted by atomic mass is 10.0. The van der Waals surface area contributed by atoms with Gasteiger partial charge in [-0.25, -0.2) is 4.99 Å². The van der Waals surface area contributed by atoms with Crippen LogP contribution in [0.1, 0.15) is 37.8 Å². The standard InChI is InChI=1S/C17H27N3O.HI/c1-4-18-16(20-13-17(3)9-6-10-21-17)19-12-15-8-5-7-14(2)11-15;/h5,7-8,11H,4,6,9-10,12-13H2,1-3H3,(H2,18,19,20);1H. The van der Waals surface area contributed by atoms with Crippen LogP contribution in [-0.4, -0.2) is 31.3 Å². The van der Waals surface area contributed by atoms with Crippen LogP contribution in [0, 0.1) is 6.92 Å². The molecule has 0 saturated carbocycles. The monoisotopic (exact) mass is 417 g/mol. The maximum atomic E-state index is 5.80. The lowest BCUT2D eigenvalue weighted by Crippen LogP contribution is -2.45. The second-order valence-corrected chi connectivity index (χ2v) is 5.94. The minimum atomic E-state index is -0.0560. The maximum absolute atomic E-state index is 5.80. The lowest BCUT2D eigenvalue weighted by Gasteiger charge is -2.24. The minimum Gasteiger partial charge on any atom is -0.373 e. The van der Waals surface area contributed by atoms with Crippen LogP contribution in [-0.2, 0) is 11.3 Å². The number of nitrogens with zero attached hydrogens (tertiary/aromatic N) is 1. The van der Waals surface area contributed by atoms with Crippen molar-refractivity contribution in [2.45, 2.75) is 45.8 Å². The van der Waals surface area contributed by atoms with Crippen molar-refractivity contribution in [3.05, 3.63) is 35.4 Å². The van der Waals surface area contributed by atoms with Gasteiger partial charge in [-0.15, -0.1) is 24.0 Å². The summed E-state index contributed by atoms with van der Waals surface area (Å²) in [6.07, 6.45) is 2.26. The van der Waals surface area contributed by atoms with Crippen molar-refractivity contribution in [3.63, 3.8) is 0 Å². The number of guanidine groups is 1. The van der Waals surface area contributed by atoms with Crippen molar-refractivity contribution < 1.29 is 4.74 Å². The first kappa shape index (κ1) is 19.2. The first-order valence-corrected chi connectivity index (χ1v) is 7.83. The number of nitrogens with one attached hydrogen (secondary N) is 2. The highest BCUT2D eigenvalue weighted by Crippen LogP contribution is 2.23. The van der Waals surface area contributed by atoms with Crippen LogP contribution in [0.3, 0.4) is 0 Å². The second-order valence-electron chi connectivity index (χ2n) is 5.94. The molecule has 2 rings (SSSR count). The molecule has 0 bridgehead atoms. The Bertz CT molecular complexity index is 485. The molecule has 1 atom stereocenters. The third-order valence-corrected chi connectivity index (χ3v) is 3.78. The van der Waals surface area contributed by atoms with E-state index in [4.69, 9.17) is 4.74 Å². The summed E-state index contributed by atoms with van der Waals surface area (Å²) in [7, 11) is 0. The summed E-state index contributed by atoms with van der Waals surface area (Å²) in [4.78, 5) is 4.66. The second kappa shape index (κ2) is 9.35. The Morgan fingerprint density at radius 2 is 2.18 bits per heavy atom. The highest BCUT2D eigenvalue weighted by atomic mass is 127. The van der Waals surface area contributed by atoms with Gasteiger partial charge in [0.15, 0.2) is 5.96 Å². The predicted molar refractivity (Wildman–Crippen MR) is 103 cm³/mol. The number of rotatable bonds is 5. The molecule has 124 valence electrons. The van der Waals surface area contributed by atoms with Crippen molar-refractivity contribution in [2.75, 3.05) is 19.7 Å². The quantitative estimate of drug-likeness (QED) is 0.439. The molecule has 4 nitrogen and oxygen atoms in total. The van der Waals surface area contributed by atoms with Gasteiger partial charge in [0.1, 0.15) is 0 Å². The van der Waals surface area contributed by atoms with Crippen LogP contribution in [0.4, 0.5) is 0 Å². The first-order valence-electron chi connectivity index (χ1n) is 7.83. The van der Waals surface area contributed by atoms with E-state index >= 15 is 0 Å². The molecule has 1 unspecified atom stereocenters. The van der Waals surface area contributed by atoms with E-state index in [0.29, 0.717) is 6.54 Å². The van der Waals surface area contributed by atoms with Gasteiger partial charge in [-0.05, 0) is 39.2 Å². The van der Waals surface area contributed by atoms with Crippen molar-refractivity contribution >= 4 is 29.9 Å². The summed E-state index contributed by atoms with van der Waals surface area (Å²) in [5.41, 5.74) is 2.45. The van der Waals surface area contributed by atoms with Crippen LogP contribution in [0.5, 0.6) is 0 Å². The van der Waals surface area contributed by atoms with Crippen molar-refractivity contribution in [2.24, 2.45) is 4.99 Å². The number of hydrogen-bond acceptors (Lipinski definition) is 2. The number of aliphatic imine (C=N–C) groups is 1. The predicted octanol–water partition coefficient (Wildman–Crippen LogP) is 3.24. The van der Waals surface area contributed by atoms with E-state index in [0.717, 1.165) is 38.5 Å². The SMILES string of the molecule is CCNC(=NCc1cccc(C)c1)NCC1(C)CCCO1.I. The summed E-state index contributed by atoms with van der Waals surface area (Å²) in [6.45, 7) is 9.57. The zero-order valence-electron chi connectivity index (χ0n) is 13.8. The molecule has 5 heteroatoms. The number of aryl methyl sites for hydroxylation is 1. The van der Waals surface area contributed by atoms with Gasteiger partial charge in [-0.2, -0.15) is 0 Å². The maximum Gasteiger partial charge on any atom is 0.191 e. The van der Waals surface area contributed by atoms with Gasteiger partial charge < -0.3 is 15.4 Å². The summed E-state index contributed by atoms with van der Waals surface area (Å²) in [5, 5.41) is 6.69. The third-order valence-electron chi connectivity index (χ3n) is 3.78. The lowest BCUT2D eigenvalue weighted by molar-refractivity contribution is 0.0243. The molecule has 0 amide bonds. The fourth-order valence-corrected chi connectivity index (χ4v) is 2.57. The van der Waals surface area contributed by atoms with E-state index in [9.17, 15) is 0 Å². The fourth-order valence-electron chi connectivity index (χ4n) is 2.57. The summed E-state index contributed by atoms with van der Waals surface area (Å²) in [6, 6.07) is 8.47. The Morgan fingerprint density at radius 1 is 1.36 bits per heavy atom. The normalized spacial score (nSPS) is 21.3. The Balaban J connectivity index is 0.00000242. The first-order chi connectivity index (χ1) is 10.1. The Morgan fingerprint density at radius 3 is 2.82 bits per heavy atom. The number of halogens is 1. The molecule has 1 aliphatic rings. The van der Waals surface area contributed by atoms with Gasteiger partial charge in [-0.1, -0.05) is 29.8 Å². The molecule has 1 aromatic rings. The molecular weight excluding hydrogens is 389 g/mol. The van der Waals surface area contributed by atoms with Crippen LogP contribution < -0.4 is 10.6 Å². The molecule has 0 spiro atoms. The fraction of sp³-hybridized carbons (Fsp3) is 0.588. The average molecular weight is 417 g/mol.